The van der Waals surface area contributed by atoms with Crippen molar-refractivity contribution in [2.75, 3.05) is 7.11 Å². The highest BCUT2D eigenvalue weighted by Gasteiger charge is 2.09. The third-order valence-electron chi connectivity index (χ3n) is 2.47. The number of ether oxygens (including phenoxy) is 1. The molecule has 0 bridgehead atoms. The zero-order chi connectivity index (χ0) is 10.8. The summed E-state index contributed by atoms with van der Waals surface area (Å²) in [4.78, 5) is 11.5. The Hall–Kier alpha value is -1.83. The Morgan fingerprint density at radius 1 is 1.13 bits per heavy atom. The van der Waals surface area contributed by atoms with Gasteiger partial charge in [0.2, 0.25) is 0 Å². The minimum Gasteiger partial charge on any atom is -0.496 e. The number of Topliss-reactive ketones (excluding diaryl/α,β-unsaturated/α-hetero) is 1. The van der Waals surface area contributed by atoms with E-state index < -0.39 is 0 Å². The average molecular weight is 200 g/mol. The van der Waals surface area contributed by atoms with Crippen LogP contribution >= 0.6 is 0 Å². The molecule has 76 valence electrons. The van der Waals surface area contributed by atoms with Gasteiger partial charge in [-0.2, -0.15) is 0 Å². The molecule has 0 unspecified atom stereocenters. The number of rotatable bonds is 2. The van der Waals surface area contributed by atoms with E-state index in [4.69, 9.17) is 4.74 Å². The quantitative estimate of drug-likeness (QED) is 0.696. The van der Waals surface area contributed by atoms with Crippen molar-refractivity contribution in [2.24, 2.45) is 0 Å². The number of carbonyl (C=O) groups is 1. The fraction of sp³-hybridized carbons (Fsp3) is 0.154. The minimum absolute atomic E-state index is 0.0603. The third kappa shape index (κ3) is 1.59. The van der Waals surface area contributed by atoms with E-state index in [1.54, 1.807) is 14.0 Å². The Labute approximate surface area is 88.5 Å². The van der Waals surface area contributed by atoms with Crippen molar-refractivity contribution in [3.63, 3.8) is 0 Å². The number of fused-ring (bicyclic) bond motifs is 1. The number of carbonyl (C=O) groups excluding carboxylic acids is 1. The second kappa shape index (κ2) is 3.73. The number of ketones is 1. The molecule has 0 saturated heterocycles. The first-order valence-corrected chi connectivity index (χ1v) is 4.80. The summed E-state index contributed by atoms with van der Waals surface area (Å²) < 4.78 is 5.27. The van der Waals surface area contributed by atoms with Crippen molar-refractivity contribution in [1.82, 2.24) is 0 Å². The first-order chi connectivity index (χ1) is 7.24. The summed E-state index contributed by atoms with van der Waals surface area (Å²) >= 11 is 0. The maximum atomic E-state index is 11.5. The van der Waals surface area contributed by atoms with E-state index in [1.807, 2.05) is 36.4 Å². The molecular formula is C13H12O2. The lowest BCUT2D eigenvalue weighted by Crippen LogP contribution is -1.95. The van der Waals surface area contributed by atoms with Crippen molar-refractivity contribution >= 4 is 16.6 Å². The fourth-order valence-electron chi connectivity index (χ4n) is 1.77. The zero-order valence-corrected chi connectivity index (χ0v) is 8.78. The first kappa shape index (κ1) is 9.71. The predicted octanol–water partition coefficient (Wildman–Crippen LogP) is 3.05. The second-order valence-electron chi connectivity index (χ2n) is 3.42. The first-order valence-electron chi connectivity index (χ1n) is 4.80. The molecule has 0 radical (unpaired) electrons. The summed E-state index contributed by atoms with van der Waals surface area (Å²) in [7, 11) is 1.62. The van der Waals surface area contributed by atoms with Gasteiger partial charge in [0, 0.05) is 10.9 Å². The minimum atomic E-state index is 0.0603. The van der Waals surface area contributed by atoms with E-state index in [-0.39, 0.29) is 5.78 Å². The fourth-order valence-corrected chi connectivity index (χ4v) is 1.77. The van der Waals surface area contributed by atoms with Gasteiger partial charge in [0.1, 0.15) is 5.75 Å². The summed E-state index contributed by atoms with van der Waals surface area (Å²) in [6.07, 6.45) is 0. The van der Waals surface area contributed by atoms with Gasteiger partial charge in [-0.25, -0.2) is 0 Å². The summed E-state index contributed by atoms with van der Waals surface area (Å²) in [5.74, 6) is 0.809. The molecule has 2 rings (SSSR count). The monoisotopic (exact) mass is 200 g/mol. The molecule has 2 aromatic rings. The normalized spacial score (nSPS) is 10.3. The van der Waals surface area contributed by atoms with Crippen molar-refractivity contribution in [3.05, 3.63) is 42.0 Å². The maximum absolute atomic E-state index is 11.5. The molecule has 2 nitrogen and oxygen atoms in total. The SMILES string of the molecule is COc1cccc2cccc(C(C)=O)c12. The Morgan fingerprint density at radius 3 is 2.40 bits per heavy atom. The van der Waals surface area contributed by atoms with Crippen molar-refractivity contribution in [2.45, 2.75) is 6.92 Å². The molecule has 2 heteroatoms. The number of hydrogen-bond donors (Lipinski definition) is 0. The standard InChI is InChI=1S/C13H12O2/c1-9(14)11-7-3-5-10-6-4-8-12(15-2)13(10)11/h3-8H,1-2H3. The Kier molecular flexibility index (Phi) is 2.42. The van der Waals surface area contributed by atoms with E-state index in [0.29, 0.717) is 5.56 Å². The summed E-state index contributed by atoms with van der Waals surface area (Å²) in [5, 5.41) is 1.93. The van der Waals surface area contributed by atoms with Crippen LogP contribution in [0.15, 0.2) is 36.4 Å². The van der Waals surface area contributed by atoms with Crippen LogP contribution in [-0.2, 0) is 0 Å². The zero-order valence-electron chi connectivity index (χ0n) is 8.78. The number of methoxy groups -OCH3 is 1. The summed E-state index contributed by atoms with van der Waals surface area (Å²) in [6, 6.07) is 11.5. The van der Waals surface area contributed by atoms with Crippen LogP contribution in [0, 0.1) is 0 Å². The summed E-state index contributed by atoms with van der Waals surface area (Å²) in [6.45, 7) is 1.57. The number of hydrogen-bond acceptors (Lipinski definition) is 2. The third-order valence-corrected chi connectivity index (χ3v) is 2.47. The molecule has 0 amide bonds. The Balaban J connectivity index is 2.87. The highest BCUT2D eigenvalue weighted by Crippen LogP contribution is 2.28. The van der Waals surface area contributed by atoms with E-state index in [0.717, 1.165) is 16.5 Å². The van der Waals surface area contributed by atoms with Crippen LogP contribution in [0.2, 0.25) is 0 Å². The van der Waals surface area contributed by atoms with Crippen LogP contribution in [0.5, 0.6) is 5.75 Å². The number of benzene rings is 2. The van der Waals surface area contributed by atoms with Gasteiger partial charge in [0.15, 0.2) is 5.78 Å². The molecule has 0 spiro atoms. The van der Waals surface area contributed by atoms with Crippen LogP contribution in [-0.4, -0.2) is 12.9 Å². The molecular weight excluding hydrogens is 188 g/mol. The molecule has 0 heterocycles. The lowest BCUT2D eigenvalue weighted by atomic mass is 10.0. The summed E-state index contributed by atoms with van der Waals surface area (Å²) in [5.41, 5.74) is 0.713. The van der Waals surface area contributed by atoms with Gasteiger partial charge in [-0.1, -0.05) is 30.3 Å². The molecule has 0 aliphatic rings. The molecule has 0 aliphatic carbocycles. The Morgan fingerprint density at radius 2 is 1.80 bits per heavy atom. The van der Waals surface area contributed by atoms with Gasteiger partial charge in [-0.15, -0.1) is 0 Å². The molecule has 0 aromatic heterocycles. The van der Waals surface area contributed by atoms with Crippen molar-refractivity contribution in [1.29, 1.82) is 0 Å². The molecule has 0 saturated carbocycles. The van der Waals surface area contributed by atoms with Crippen molar-refractivity contribution in [3.8, 4) is 5.75 Å². The van der Waals surface area contributed by atoms with E-state index >= 15 is 0 Å². The Bertz CT molecular complexity index is 510. The van der Waals surface area contributed by atoms with E-state index in [9.17, 15) is 4.79 Å². The van der Waals surface area contributed by atoms with Gasteiger partial charge in [-0.3, -0.25) is 4.79 Å². The molecule has 0 N–H and O–H groups in total. The van der Waals surface area contributed by atoms with Gasteiger partial charge < -0.3 is 4.74 Å². The second-order valence-corrected chi connectivity index (χ2v) is 3.42. The largest absolute Gasteiger partial charge is 0.496 e. The van der Waals surface area contributed by atoms with E-state index in [1.165, 1.54) is 0 Å². The van der Waals surface area contributed by atoms with Crippen LogP contribution in [0.3, 0.4) is 0 Å². The van der Waals surface area contributed by atoms with Crippen LogP contribution < -0.4 is 4.74 Å². The van der Waals surface area contributed by atoms with Crippen LogP contribution in [0.4, 0.5) is 0 Å². The van der Waals surface area contributed by atoms with Gasteiger partial charge in [0.25, 0.3) is 0 Å². The average Bonchev–Trinajstić information content (AvgIpc) is 2.27. The van der Waals surface area contributed by atoms with Crippen LogP contribution in [0.1, 0.15) is 17.3 Å². The predicted molar refractivity (Wildman–Crippen MR) is 60.5 cm³/mol. The smallest absolute Gasteiger partial charge is 0.160 e. The lowest BCUT2D eigenvalue weighted by molar-refractivity contribution is 0.101. The van der Waals surface area contributed by atoms with Crippen molar-refractivity contribution < 1.29 is 9.53 Å². The molecule has 0 fully saturated rings. The van der Waals surface area contributed by atoms with Gasteiger partial charge in [-0.05, 0) is 18.4 Å². The molecule has 0 aliphatic heterocycles. The van der Waals surface area contributed by atoms with Crippen LogP contribution in [0.25, 0.3) is 10.8 Å². The van der Waals surface area contributed by atoms with E-state index in [2.05, 4.69) is 0 Å². The highest BCUT2D eigenvalue weighted by molar-refractivity contribution is 6.09. The van der Waals surface area contributed by atoms with Gasteiger partial charge in [0.05, 0.1) is 7.11 Å². The molecule has 15 heavy (non-hydrogen) atoms. The molecule has 0 atom stereocenters. The topological polar surface area (TPSA) is 26.3 Å². The lowest BCUT2D eigenvalue weighted by Gasteiger charge is -2.08. The molecule has 2 aromatic carbocycles. The maximum Gasteiger partial charge on any atom is 0.160 e. The van der Waals surface area contributed by atoms with Gasteiger partial charge >= 0.3 is 0 Å². The highest BCUT2D eigenvalue weighted by atomic mass is 16.5.